The Labute approximate surface area is 184 Å². The summed E-state index contributed by atoms with van der Waals surface area (Å²) in [4.78, 5) is 37.4. The Morgan fingerprint density at radius 2 is 1.69 bits per heavy atom. The van der Waals surface area contributed by atoms with Gasteiger partial charge in [-0.15, -0.1) is 0 Å². The van der Waals surface area contributed by atoms with Gasteiger partial charge in [0.25, 0.3) is 5.91 Å². The summed E-state index contributed by atoms with van der Waals surface area (Å²) in [7, 11) is 1.59. The number of nitrogens with zero attached hydrogens (tertiary/aromatic N) is 3. The van der Waals surface area contributed by atoms with Crippen molar-refractivity contribution in [2.24, 2.45) is 7.05 Å². The van der Waals surface area contributed by atoms with Gasteiger partial charge in [-0.2, -0.15) is 0 Å². The number of nitrogens with one attached hydrogen (secondary N) is 1. The molecule has 8 nitrogen and oxygen atoms in total. The molecule has 1 amide bonds. The fraction of sp³-hybridized carbons (Fsp3) is 0.250. The first-order valence-electron chi connectivity index (χ1n) is 10.3. The average molecular weight is 432 g/mol. The van der Waals surface area contributed by atoms with E-state index in [0.29, 0.717) is 29.6 Å². The number of rotatable bonds is 6. The molecule has 0 aliphatic rings. The lowest BCUT2D eigenvalue weighted by atomic mass is 10.1. The molecule has 0 saturated heterocycles. The molecule has 4 rings (SSSR count). The summed E-state index contributed by atoms with van der Waals surface area (Å²) < 4.78 is 7.97. The van der Waals surface area contributed by atoms with Gasteiger partial charge in [0.15, 0.2) is 0 Å². The van der Waals surface area contributed by atoms with Gasteiger partial charge in [0, 0.05) is 24.7 Å². The minimum Gasteiger partial charge on any atom is -0.361 e. The summed E-state index contributed by atoms with van der Waals surface area (Å²) in [6.45, 7) is 4.44. The number of carbonyl (C=O) groups is 1. The summed E-state index contributed by atoms with van der Waals surface area (Å²) in [5.74, 6) is 0.583. The fourth-order valence-electron chi connectivity index (χ4n) is 3.82. The van der Waals surface area contributed by atoms with Crippen LogP contribution in [0, 0.1) is 13.8 Å². The molecule has 0 spiro atoms. The molecule has 2 heterocycles. The largest absolute Gasteiger partial charge is 0.361 e. The van der Waals surface area contributed by atoms with Crippen LogP contribution in [0.4, 0.5) is 0 Å². The zero-order valence-electron chi connectivity index (χ0n) is 18.2. The minimum atomic E-state index is -0.577. The van der Waals surface area contributed by atoms with Crippen LogP contribution >= 0.6 is 0 Å². The number of fused-ring (bicyclic) bond motifs is 1. The third-order valence-electron chi connectivity index (χ3n) is 5.67. The Balaban J connectivity index is 1.48. The summed E-state index contributed by atoms with van der Waals surface area (Å²) >= 11 is 0. The van der Waals surface area contributed by atoms with E-state index in [4.69, 9.17) is 4.52 Å². The van der Waals surface area contributed by atoms with Crippen LogP contribution in [-0.4, -0.2) is 26.7 Å². The van der Waals surface area contributed by atoms with Gasteiger partial charge in [0.05, 0.1) is 23.3 Å². The van der Waals surface area contributed by atoms with Gasteiger partial charge in [0.2, 0.25) is 0 Å². The van der Waals surface area contributed by atoms with E-state index >= 15 is 0 Å². The van der Waals surface area contributed by atoms with Gasteiger partial charge in [-0.05, 0) is 50.1 Å². The van der Waals surface area contributed by atoms with Crippen molar-refractivity contribution >= 4 is 16.9 Å². The quantitative estimate of drug-likeness (QED) is 0.472. The molecule has 0 radical (unpaired) electrons. The molecular weight excluding hydrogens is 408 g/mol. The molecule has 0 atom stereocenters. The van der Waals surface area contributed by atoms with E-state index in [-0.39, 0.29) is 12.5 Å². The van der Waals surface area contributed by atoms with Crippen LogP contribution in [0.25, 0.3) is 11.0 Å². The summed E-state index contributed by atoms with van der Waals surface area (Å²) in [5, 5.41) is 6.82. The molecule has 0 saturated carbocycles. The second-order valence-corrected chi connectivity index (χ2v) is 7.75. The molecule has 0 fully saturated rings. The van der Waals surface area contributed by atoms with E-state index in [9.17, 15) is 14.4 Å². The number of hydrogen-bond donors (Lipinski definition) is 1. The molecule has 2 aromatic heterocycles. The normalized spacial score (nSPS) is 11.1. The van der Waals surface area contributed by atoms with Crippen LogP contribution < -0.4 is 16.4 Å². The van der Waals surface area contributed by atoms with Crippen molar-refractivity contribution in [2.75, 3.05) is 6.54 Å². The predicted molar refractivity (Wildman–Crippen MR) is 121 cm³/mol. The number of carbonyl (C=O) groups excluding carboxylic acids is 1. The Morgan fingerprint density at radius 1 is 1.00 bits per heavy atom. The van der Waals surface area contributed by atoms with Gasteiger partial charge < -0.3 is 14.4 Å². The number of aryl methyl sites for hydroxylation is 3. The highest BCUT2D eigenvalue weighted by molar-refractivity contribution is 5.94. The number of benzene rings is 2. The summed E-state index contributed by atoms with van der Waals surface area (Å²) in [6.07, 6.45) is 0.643. The lowest BCUT2D eigenvalue weighted by Crippen LogP contribution is -2.40. The lowest BCUT2D eigenvalue weighted by molar-refractivity contribution is 0.0954. The van der Waals surface area contributed by atoms with E-state index in [0.717, 1.165) is 22.6 Å². The molecule has 0 aliphatic carbocycles. The average Bonchev–Trinajstić information content (AvgIpc) is 3.13. The van der Waals surface area contributed by atoms with Crippen molar-refractivity contribution in [3.8, 4) is 0 Å². The van der Waals surface area contributed by atoms with Gasteiger partial charge in [0.1, 0.15) is 5.76 Å². The summed E-state index contributed by atoms with van der Waals surface area (Å²) in [6, 6.07) is 14.3. The molecule has 1 N–H and O–H groups in total. The third kappa shape index (κ3) is 3.99. The van der Waals surface area contributed by atoms with Crippen LogP contribution in [0.15, 0.2) is 62.6 Å². The number of amides is 1. The lowest BCUT2D eigenvalue weighted by Gasteiger charge is -2.13. The zero-order chi connectivity index (χ0) is 22.8. The maximum Gasteiger partial charge on any atom is 0.317 e. The second-order valence-electron chi connectivity index (χ2n) is 7.75. The molecule has 8 heteroatoms. The molecule has 0 unspecified atom stereocenters. The highest BCUT2D eigenvalue weighted by Crippen LogP contribution is 2.14. The standard InChI is InChI=1S/C24H24N4O4/c1-15-19(16(2)32-26-15)12-13-25-22(29)18-10-8-17(9-11-18)14-28-21-7-5-4-6-20(21)27(3)23(30)24(28)31/h4-11H,12-14H2,1-3H3,(H,25,29). The monoisotopic (exact) mass is 432 g/mol. The molecule has 164 valence electrons. The highest BCUT2D eigenvalue weighted by atomic mass is 16.5. The van der Waals surface area contributed by atoms with Crippen molar-refractivity contribution < 1.29 is 9.32 Å². The maximum atomic E-state index is 12.6. The van der Waals surface area contributed by atoms with Crippen LogP contribution in [0.3, 0.4) is 0 Å². The maximum absolute atomic E-state index is 12.6. The number of hydrogen-bond acceptors (Lipinski definition) is 5. The van der Waals surface area contributed by atoms with E-state index in [2.05, 4.69) is 10.5 Å². The third-order valence-corrected chi connectivity index (χ3v) is 5.67. The Hall–Kier alpha value is -3.94. The highest BCUT2D eigenvalue weighted by Gasteiger charge is 2.12. The molecule has 32 heavy (non-hydrogen) atoms. The van der Waals surface area contributed by atoms with Crippen molar-refractivity contribution in [3.05, 3.63) is 97.4 Å². The molecule has 4 aromatic rings. The van der Waals surface area contributed by atoms with E-state index in [1.807, 2.05) is 38.1 Å². The number of para-hydroxylation sites is 2. The van der Waals surface area contributed by atoms with Crippen molar-refractivity contribution in [1.82, 2.24) is 19.6 Å². The van der Waals surface area contributed by atoms with Crippen LogP contribution in [0.5, 0.6) is 0 Å². The Kier molecular flexibility index (Phi) is 5.77. The number of aromatic nitrogens is 3. The van der Waals surface area contributed by atoms with Crippen LogP contribution in [0.2, 0.25) is 0 Å². The molecule has 0 aliphatic heterocycles. The first-order chi connectivity index (χ1) is 15.4. The van der Waals surface area contributed by atoms with Crippen molar-refractivity contribution in [1.29, 1.82) is 0 Å². The second kappa shape index (κ2) is 8.66. The first-order valence-corrected chi connectivity index (χ1v) is 10.3. The van der Waals surface area contributed by atoms with Crippen LogP contribution in [0.1, 0.15) is 32.9 Å². The SMILES string of the molecule is Cc1noc(C)c1CCNC(=O)c1ccc(Cn2c(=O)c(=O)n(C)c3ccccc32)cc1. The Morgan fingerprint density at radius 3 is 2.34 bits per heavy atom. The van der Waals surface area contributed by atoms with Crippen molar-refractivity contribution in [2.45, 2.75) is 26.8 Å². The fourth-order valence-corrected chi connectivity index (χ4v) is 3.82. The Bertz CT molecular complexity index is 1390. The van der Waals surface area contributed by atoms with Gasteiger partial charge >= 0.3 is 11.1 Å². The first kappa shape index (κ1) is 21.3. The van der Waals surface area contributed by atoms with E-state index in [1.165, 1.54) is 9.13 Å². The molecule has 2 aromatic carbocycles. The van der Waals surface area contributed by atoms with Gasteiger partial charge in [-0.1, -0.05) is 29.4 Å². The van der Waals surface area contributed by atoms with E-state index in [1.54, 1.807) is 31.3 Å². The van der Waals surface area contributed by atoms with Crippen LogP contribution in [-0.2, 0) is 20.0 Å². The zero-order valence-corrected chi connectivity index (χ0v) is 18.2. The van der Waals surface area contributed by atoms with E-state index < -0.39 is 11.1 Å². The topological polar surface area (TPSA) is 99.1 Å². The van der Waals surface area contributed by atoms with Crippen molar-refractivity contribution in [3.63, 3.8) is 0 Å². The predicted octanol–water partition coefficient (Wildman–Crippen LogP) is 2.33. The smallest absolute Gasteiger partial charge is 0.317 e. The molecular formula is C24H24N4O4. The summed E-state index contributed by atoms with van der Waals surface area (Å²) in [5.41, 5.74) is 3.40. The van der Waals surface area contributed by atoms with Gasteiger partial charge in [-0.3, -0.25) is 19.0 Å². The minimum absolute atomic E-state index is 0.181. The molecule has 0 bridgehead atoms. The van der Waals surface area contributed by atoms with Gasteiger partial charge in [-0.25, -0.2) is 0 Å².